The molecule has 0 saturated carbocycles. The van der Waals surface area contributed by atoms with Gasteiger partial charge in [0, 0.05) is 35.4 Å². The molecule has 0 unspecified atom stereocenters. The summed E-state index contributed by atoms with van der Waals surface area (Å²) < 4.78 is 20.6. The first-order chi connectivity index (χ1) is 17.0. The zero-order valence-electron chi connectivity index (χ0n) is 21.4. The summed E-state index contributed by atoms with van der Waals surface area (Å²) in [5, 5.41) is 21.8. The summed E-state index contributed by atoms with van der Waals surface area (Å²) in [6.45, 7) is 9.65. The second kappa shape index (κ2) is 11.4. The number of nitrogens with one attached hydrogen (secondary N) is 2. The Bertz CT molecular complexity index is 1250. The molecule has 3 rings (SSSR count). The molecule has 36 heavy (non-hydrogen) atoms. The Balaban J connectivity index is 1.74. The zero-order chi connectivity index (χ0) is 26.5. The highest BCUT2D eigenvalue weighted by molar-refractivity contribution is 5.95. The molecule has 1 heterocycles. The van der Waals surface area contributed by atoms with Gasteiger partial charge in [0.2, 0.25) is 0 Å². The van der Waals surface area contributed by atoms with Gasteiger partial charge < -0.3 is 20.1 Å². The number of H-pyrrole nitrogens is 1. The lowest BCUT2D eigenvalue weighted by molar-refractivity contribution is 0.0930. The Kier molecular flexibility index (Phi) is 8.49. The third-order valence-electron chi connectivity index (χ3n) is 5.62. The Morgan fingerprint density at radius 1 is 1.25 bits per heavy atom. The molecule has 0 radical (unpaired) electrons. The number of aromatic amines is 1. The van der Waals surface area contributed by atoms with E-state index < -0.39 is 11.9 Å². The van der Waals surface area contributed by atoms with Gasteiger partial charge in [-0.05, 0) is 62.6 Å². The largest absolute Gasteiger partial charge is 0.490 e. The number of hydrogen-bond donors (Lipinski definition) is 3. The molecule has 3 N–H and O–H groups in total. The third kappa shape index (κ3) is 6.70. The number of aromatic nitrogens is 2. The highest BCUT2D eigenvalue weighted by Gasteiger charge is 2.20. The van der Waals surface area contributed by atoms with E-state index in [4.69, 9.17) is 4.74 Å². The first-order valence-electron chi connectivity index (χ1n) is 12.0. The molecule has 0 bridgehead atoms. The second-order valence-corrected chi connectivity index (χ2v) is 10.1. The summed E-state index contributed by atoms with van der Waals surface area (Å²) in [5.74, 6) is 0.394. The maximum Gasteiger partial charge on any atom is 0.251 e. The number of benzene rings is 2. The Morgan fingerprint density at radius 3 is 2.58 bits per heavy atom. The van der Waals surface area contributed by atoms with Gasteiger partial charge in [0.15, 0.2) is 0 Å². The van der Waals surface area contributed by atoms with E-state index in [9.17, 15) is 19.6 Å². The lowest BCUT2D eigenvalue weighted by Gasteiger charge is -2.19. The van der Waals surface area contributed by atoms with Gasteiger partial charge in [0.25, 0.3) is 5.91 Å². The van der Waals surface area contributed by atoms with E-state index in [1.165, 1.54) is 12.1 Å². The molecular weight excluding hydrogens is 459 g/mol. The minimum absolute atomic E-state index is 0.105. The number of amides is 1. The van der Waals surface area contributed by atoms with Crippen LogP contribution in [0.3, 0.4) is 0 Å². The van der Waals surface area contributed by atoms with Gasteiger partial charge in [-0.2, -0.15) is 5.26 Å². The third-order valence-corrected chi connectivity index (χ3v) is 5.62. The number of rotatable bonds is 9. The van der Waals surface area contributed by atoms with Crippen molar-refractivity contribution in [3.63, 3.8) is 0 Å². The molecule has 190 valence electrons. The maximum atomic E-state index is 15.0. The Hall–Kier alpha value is -3.70. The smallest absolute Gasteiger partial charge is 0.251 e. The minimum Gasteiger partial charge on any atom is -0.490 e. The highest BCUT2D eigenvalue weighted by atomic mass is 19.1. The normalized spacial score (nSPS) is 12.3. The summed E-state index contributed by atoms with van der Waals surface area (Å²) in [5.41, 5.74) is 1.99. The van der Waals surface area contributed by atoms with Crippen LogP contribution in [-0.2, 0) is 11.8 Å². The Labute approximate surface area is 211 Å². The molecule has 0 fully saturated rings. The molecule has 0 aliphatic rings. The fraction of sp³-hybridized carbons (Fsp3) is 0.393. The van der Waals surface area contributed by atoms with Gasteiger partial charge >= 0.3 is 0 Å². The molecule has 1 aromatic heterocycles. The van der Waals surface area contributed by atoms with Crippen molar-refractivity contribution in [1.29, 1.82) is 5.26 Å². The van der Waals surface area contributed by atoms with Crippen molar-refractivity contribution in [2.45, 2.75) is 65.0 Å². The number of carbonyl (C=O) groups is 1. The van der Waals surface area contributed by atoms with Crippen molar-refractivity contribution in [2.24, 2.45) is 0 Å². The van der Waals surface area contributed by atoms with Crippen molar-refractivity contribution in [3.05, 3.63) is 70.9 Å². The number of carbonyl (C=O) groups excluding carboxylic acids is 1. The number of hydrogen-bond acceptors (Lipinski definition) is 5. The number of ether oxygens (including phenoxy) is 1. The average molecular weight is 493 g/mol. The predicted octanol–water partition coefficient (Wildman–Crippen LogP) is 4.90. The SMILES string of the molecule is CC(C)Oc1ccc(C(=O)N[C@H](CCO)Cc2ccc(-c3c[nH]c(C(C)(C)C)n3)c(F)c2)cc1C#N. The quantitative estimate of drug-likeness (QED) is 0.394. The molecule has 7 nitrogen and oxygen atoms in total. The lowest BCUT2D eigenvalue weighted by Crippen LogP contribution is -2.37. The lowest BCUT2D eigenvalue weighted by atomic mass is 9.96. The van der Waals surface area contributed by atoms with Crippen LogP contribution >= 0.6 is 0 Å². The first kappa shape index (κ1) is 26.9. The molecule has 1 atom stereocenters. The molecule has 0 aliphatic heterocycles. The van der Waals surface area contributed by atoms with E-state index in [2.05, 4.69) is 21.4 Å². The van der Waals surface area contributed by atoms with Crippen molar-refractivity contribution >= 4 is 5.91 Å². The van der Waals surface area contributed by atoms with Crippen LogP contribution in [0.15, 0.2) is 42.6 Å². The summed E-state index contributed by atoms with van der Waals surface area (Å²) in [6, 6.07) is 11.2. The number of halogens is 1. The van der Waals surface area contributed by atoms with Gasteiger partial charge in [0.05, 0.1) is 17.4 Å². The topological polar surface area (TPSA) is 111 Å². The number of aliphatic hydroxyl groups is 1. The second-order valence-electron chi connectivity index (χ2n) is 10.1. The van der Waals surface area contributed by atoms with Gasteiger partial charge in [-0.15, -0.1) is 0 Å². The highest BCUT2D eigenvalue weighted by Crippen LogP contribution is 2.26. The molecule has 0 saturated heterocycles. The van der Waals surface area contributed by atoms with Crippen LogP contribution in [0.25, 0.3) is 11.3 Å². The van der Waals surface area contributed by atoms with Crippen LogP contribution in [0, 0.1) is 17.1 Å². The fourth-order valence-corrected chi connectivity index (χ4v) is 3.79. The number of aliphatic hydroxyl groups excluding tert-OH is 1. The van der Waals surface area contributed by atoms with E-state index in [0.717, 1.165) is 5.82 Å². The zero-order valence-corrected chi connectivity index (χ0v) is 21.4. The van der Waals surface area contributed by atoms with Crippen LogP contribution < -0.4 is 10.1 Å². The van der Waals surface area contributed by atoms with Gasteiger partial charge in [-0.1, -0.05) is 26.8 Å². The van der Waals surface area contributed by atoms with E-state index >= 15 is 0 Å². The number of imidazole rings is 1. The summed E-state index contributed by atoms with van der Waals surface area (Å²) in [6.07, 6.45) is 2.21. The van der Waals surface area contributed by atoms with E-state index in [-0.39, 0.29) is 29.6 Å². The Morgan fingerprint density at radius 2 is 2.00 bits per heavy atom. The van der Waals surface area contributed by atoms with E-state index in [1.54, 1.807) is 30.5 Å². The molecule has 1 amide bonds. The summed E-state index contributed by atoms with van der Waals surface area (Å²) in [4.78, 5) is 20.5. The molecule has 8 heteroatoms. The van der Waals surface area contributed by atoms with Crippen molar-refractivity contribution in [3.8, 4) is 23.1 Å². The molecule has 2 aromatic carbocycles. The van der Waals surface area contributed by atoms with Crippen LogP contribution in [0.2, 0.25) is 0 Å². The molecular formula is C28H33FN4O3. The predicted molar refractivity (Wildman–Crippen MR) is 136 cm³/mol. The summed E-state index contributed by atoms with van der Waals surface area (Å²) >= 11 is 0. The van der Waals surface area contributed by atoms with Crippen molar-refractivity contribution < 1.29 is 19.0 Å². The van der Waals surface area contributed by atoms with Gasteiger partial charge in [-0.3, -0.25) is 4.79 Å². The number of nitrogens with zero attached hydrogens (tertiary/aromatic N) is 2. The molecule has 3 aromatic rings. The van der Waals surface area contributed by atoms with Crippen LogP contribution in [0.1, 0.15) is 68.3 Å². The van der Waals surface area contributed by atoms with Crippen LogP contribution in [0.5, 0.6) is 5.75 Å². The fourth-order valence-electron chi connectivity index (χ4n) is 3.79. The monoisotopic (exact) mass is 492 g/mol. The summed E-state index contributed by atoms with van der Waals surface area (Å²) in [7, 11) is 0. The average Bonchev–Trinajstić information content (AvgIpc) is 3.30. The van der Waals surface area contributed by atoms with E-state index in [0.29, 0.717) is 41.0 Å². The first-order valence-corrected chi connectivity index (χ1v) is 12.0. The minimum atomic E-state index is -0.428. The van der Waals surface area contributed by atoms with Crippen molar-refractivity contribution in [1.82, 2.24) is 15.3 Å². The maximum absolute atomic E-state index is 15.0. The van der Waals surface area contributed by atoms with Crippen LogP contribution in [-0.4, -0.2) is 39.7 Å². The number of nitriles is 1. The van der Waals surface area contributed by atoms with Gasteiger partial charge in [0.1, 0.15) is 23.5 Å². The van der Waals surface area contributed by atoms with Gasteiger partial charge in [-0.25, -0.2) is 9.37 Å². The molecule has 0 aliphatic carbocycles. The van der Waals surface area contributed by atoms with Crippen LogP contribution in [0.4, 0.5) is 4.39 Å². The van der Waals surface area contributed by atoms with Crippen molar-refractivity contribution in [2.75, 3.05) is 6.61 Å². The standard InChI is InChI=1S/C28H33FN4O3/c1-17(2)36-25-9-7-19(14-20(25)15-30)26(35)32-21(10-11-34)12-18-6-8-22(23(29)13-18)24-16-31-27(33-24)28(3,4)5/h6-9,13-14,16-17,21,34H,10-12H2,1-5H3,(H,31,33)(H,32,35)/t21-/m1/s1. The molecule has 0 spiro atoms. The van der Waals surface area contributed by atoms with E-state index in [1.807, 2.05) is 34.6 Å².